The fraction of sp³-hybridized carbons (Fsp3) is 0.409. The number of hydrogen-bond donors (Lipinski definition) is 1. The van der Waals surface area contributed by atoms with Crippen molar-refractivity contribution in [2.24, 2.45) is 0 Å². The standard InChI is InChI=1S/C22H26N4O3/c1-15-19(14-28-2)21(25-29-15)22(27)26-10-6-9-17(13-26)20-18(12-23-24-20)11-16-7-4-3-5-8-16/h3-5,7-8,12,17H,6,9-11,13-14H2,1-2H3,(H,23,24). The van der Waals surface area contributed by atoms with Gasteiger partial charge in [-0.2, -0.15) is 5.10 Å². The fourth-order valence-corrected chi connectivity index (χ4v) is 4.05. The van der Waals surface area contributed by atoms with Gasteiger partial charge >= 0.3 is 0 Å². The van der Waals surface area contributed by atoms with Crippen LogP contribution in [0.3, 0.4) is 0 Å². The molecule has 0 radical (unpaired) electrons. The monoisotopic (exact) mass is 394 g/mol. The fourth-order valence-electron chi connectivity index (χ4n) is 4.05. The number of piperidine rings is 1. The van der Waals surface area contributed by atoms with Crippen molar-refractivity contribution in [1.82, 2.24) is 20.3 Å². The predicted molar refractivity (Wildman–Crippen MR) is 108 cm³/mol. The molecule has 3 heterocycles. The average Bonchev–Trinajstić information content (AvgIpc) is 3.36. The van der Waals surface area contributed by atoms with Crippen LogP contribution in [0.4, 0.5) is 0 Å². The molecule has 3 aromatic rings. The lowest BCUT2D eigenvalue weighted by Gasteiger charge is -2.32. The molecule has 1 aromatic carbocycles. The third-order valence-corrected chi connectivity index (χ3v) is 5.58. The Morgan fingerprint density at radius 3 is 2.97 bits per heavy atom. The lowest BCUT2D eigenvalue weighted by Crippen LogP contribution is -2.40. The van der Waals surface area contributed by atoms with Gasteiger partial charge < -0.3 is 14.2 Å². The number of carbonyl (C=O) groups excluding carboxylic acids is 1. The summed E-state index contributed by atoms with van der Waals surface area (Å²) >= 11 is 0. The zero-order valence-corrected chi connectivity index (χ0v) is 16.9. The van der Waals surface area contributed by atoms with Crippen LogP contribution >= 0.6 is 0 Å². The molecule has 1 amide bonds. The molecule has 1 saturated heterocycles. The van der Waals surface area contributed by atoms with Crippen LogP contribution in [0.15, 0.2) is 41.1 Å². The van der Waals surface area contributed by atoms with Gasteiger partial charge in [0.1, 0.15) is 5.76 Å². The maximum atomic E-state index is 13.1. The van der Waals surface area contributed by atoms with E-state index in [1.807, 2.05) is 29.3 Å². The molecule has 152 valence electrons. The number of aromatic amines is 1. The SMILES string of the molecule is COCc1c(C(=O)N2CCCC(c3[nH]ncc3Cc3ccccc3)C2)noc1C. The number of hydrogen-bond acceptors (Lipinski definition) is 5. The Hall–Kier alpha value is -2.93. The van der Waals surface area contributed by atoms with Crippen molar-refractivity contribution in [1.29, 1.82) is 0 Å². The third kappa shape index (κ3) is 4.10. The van der Waals surface area contributed by atoms with Gasteiger partial charge in [-0.25, -0.2) is 0 Å². The molecule has 1 N–H and O–H groups in total. The Morgan fingerprint density at radius 1 is 1.34 bits per heavy atom. The highest BCUT2D eigenvalue weighted by atomic mass is 16.5. The second kappa shape index (κ2) is 8.61. The number of benzene rings is 1. The lowest BCUT2D eigenvalue weighted by atomic mass is 9.90. The van der Waals surface area contributed by atoms with Crippen molar-refractivity contribution in [3.05, 3.63) is 70.4 Å². The zero-order valence-electron chi connectivity index (χ0n) is 16.9. The largest absolute Gasteiger partial charge is 0.380 e. The number of likely N-dealkylation sites (tertiary alicyclic amines) is 1. The molecular formula is C22H26N4O3. The third-order valence-electron chi connectivity index (χ3n) is 5.58. The van der Waals surface area contributed by atoms with E-state index >= 15 is 0 Å². The lowest BCUT2D eigenvalue weighted by molar-refractivity contribution is 0.0691. The van der Waals surface area contributed by atoms with Gasteiger partial charge in [0.15, 0.2) is 5.69 Å². The highest BCUT2D eigenvalue weighted by molar-refractivity contribution is 5.94. The molecule has 7 nitrogen and oxygen atoms in total. The topological polar surface area (TPSA) is 84.2 Å². The number of aromatic nitrogens is 3. The summed E-state index contributed by atoms with van der Waals surface area (Å²) in [5, 5.41) is 11.5. The molecule has 1 aliphatic heterocycles. The van der Waals surface area contributed by atoms with Crippen molar-refractivity contribution >= 4 is 5.91 Å². The van der Waals surface area contributed by atoms with Crippen molar-refractivity contribution in [3.8, 4) is 0 Å². The first kappa shape index (κ1) is 19.4. The van der Waals surface area contributed by atoms with Crippen molar-refractivity contribution in [2.75, 3.05) is 20.2 Å². The van der Waals surface area contributed by atoms with Crippen LogP contribution in [0, 0.1) is 6.92 Å². The smallest absolute Gasteiger partial charge is 0.276 e. The molecule has 0 spiro atoms. The van der Waals surface area contributed by atoms with Crippen molar-refractivity contribution in [3.63, 3.8) is 0 Å². The Balaban J connectivity index is 1.51. The number of aryl methyl sites for hydroxylation is 1. The summed E-state index contributed by atoms with van der Waals surface area (Å²) in [5.41, 5.74) is 4.65. The number of methoxy groups -OCH3 is 1. The number of amides is 1. The zero-order chi connectivity index (χ0) is 20.2. The summed E-state index contributed by atoms with van der Waals surface area (Å²) in [4.78, 5) is 15.0. The molecule has 7 heteroatoms. The van der Waals surface area contributed by atoms with Gasteiger partial charge in [-0.05, 0) is 30.9 Å². The molecule has 1 unspecified atom stereocenters. The number of rotatable bonds is 6. The van der Waals surface area contributed by atoms with E-state index in [0.717, 1.165) is 37.1 Å². The Labute approximate surface area is 170 Å². The highest BCUT2D eigenvalue weighted by Crippen LogP contribution is 2.30. The molecule has 29 heavy (non-hydrogen) atoms. The molecule has 1 aliphatic rings. The Bertz CT molecular complexity index is 964. The predicted octanol–water partition coefficient (Wildman–Crippen LogP) is 3.46. The second-order valence-corrected chi connectivity index (χ2v) is 7.56. The van der Waals surface area contributed by atoms with Gasteiger partial charge in [-0.3, -0.25) is 9.89 Å². The van der Waals surface area contributed by atoms with Crippen molar-refractivity contribution < 1.29 is 14.1 Å². The molecule has 0 bridgehead atoms. The number of H-pyrrole nitrogens is 1. The minimum absolute atomic E-state index is 0.0947. The van der Waals surface area contributed by atoms with E-state index in [9.17, 15) is 4.79 Å². The molecule has 2 aromatic heterocycles. The first-order valence-corrected chi connectivity index (χ1v) is 9.96. The molecule has 0 saturated carbocycles. The average molecular weight is 394 g/mol. The van der Waals surface area contributed by atoms with Gasteiger partial charge in [0, 0.05) is 38.2 Å². The van der Waals surface area contributed by atoms with E-state index in [4.69, 9.17) is 9.26 Å². The van der Waals surface area contributed by atoms with Crippen molar-refractivity contribution in [2.45, 2.75) is 38.7 Å². The molecule has 4 rings (SSSR count). The molecule has 1 fully saturated rings. The molecule has 0 aliphatic carbocycles. The van der Waals surface area contributed by atoms with Crippen LogP contribution in [0.1, 0.15) is 57.4 Å². The van der Waals surface area contributed by atoms with Gasteiger partial charge in [-0.15, -0.1) is 0 Å². The van der Waals surface area contributed by atoms with E-state index in [1.165, 1.54) is 11.1 Å². The summed E-state index contributed by atoms with van der Waals surface area (Å²) < 4.78 is 10.5. The molecular weight excluding hydrogens is 368 g/mol. The van der Waals surface area contributed by atoms with Gasteiger partial charge in [0.05, 0.1) is 18.4 Å². The molecule has 1 atom stereocenters. The van der Waals surface area contributed by atoms with Crippen LogP contribution in [0.5, 0.6) is 0 Å². The van der Waals surface area contributed by atoms with E-state index in [0.29, 0.717) is 24.6 Å². The van der Waals surface area contributed by atoms with E-state index in [1.54, 1.807) is 14.0 Å². The van der Waals surface area contributed by atoms with Gasteiger partial charge in [0.25, 0.3) is 5.91 Å². The van der Waals surface area contributed by atoms with E-state index in [2.05, 4.69) is 27.5 Å². The summed E-state index contributed by atoms with van der Waals surface area (Å²) in [6, 6.07) is 10.4. The maximum absolute atomic E-state index is 13.1. The van der Waals surface area contributed by atoms with E-state index < -0.39 is 0 Å². The second-order valence-electron chi connectivity index (χ2n) is 7.56. The van der Waals surface area contributed by atoms with E-state index in [-0.39, 0.29) is 11.8 Å². The first-order valence-electron chi connectivity index (χ1n) is 9.96. The van der Waals surface area contributed by atoms with Crippen LogP contribution in [-0.4, -0.2) is 46.4 Å². The summed E-state index contributed by atoms with van der Waals surface area (Å²) in [7, 11) is 1.60. The Morgan fingerprint density at radius 2 is 2.17 bits per heavy atom. The van der Waals surface area contributed by atoms with Gasteiger partial charge in [0.2, 0.25) is 0 Å². The minimum Gasteiger partial charge on any atom is -0.380 e. The summed E-state index contributed by atoms with van der Waals surface area (Å²) in [6.45, 7) is 3.48. The normalized spacial score (nSPS) is 16.9. The maximum Gasteiger partial charge on any atom is 0.276 e. The number of nitrogens with zero attached hydrogens (tertiary/aromatic N) is 3. The number of ether oxygens (including phenoxy) is 1. The first-order chi connectivity index (χ1) is 14.2. The highest BCUT2D eigenvalue weighted by Gasteiger charge is 2.31. The summed E-state index contributed by atoms with van der Waals surface area (Å²) in [5.74, 6) is 0.762. The van der Waals surface area contributed by atoms with Crippen LogP contribution in [0.25, 0.3) is 0 Å². The van der Waals surface area contributed by atoms with Gasteiger partial charge in [-0.1, -0.05) is 35.5 Å². The Kier molecular flexibility index (Phi) is 5.76. The number of carbonyl (C=O) groups is 1. The summed E-state index contributed by atoms with van der Waals surface area (Å²) in [6.07, 6.45) is 4.70. The minimum atomic E-state index is -0.0947. The van der Waals surface area contributed by atoms with Crippen LogP contribution in [-0.2, 0) is 17.8 Å². The van der Waals surface area contributed by atoms with Crippen LogP contribution < -0.4 is 0 Å². The van der Waals surface area contributed by atoms with Crippen LogP contribution in [0.2, 0.25) is 0 Å². The number of nitrogens with one attached hydrogen (secondary N) is 1. The quantitative estimate of drug-likeness (QED) is 0.692.